The summed E-state index contributed by atoms with van der Waals surface area (Å²) >= 11 is 0. The standard InChI is InChI=1S/C37H39N3O8S/c1-4-47-32-21-25(13-18-31(32)46-3)19-20-39-33(41)23-37(2)36(43)40(29-12-8-11-28(22-29)34(38)42)35(49(37,44)45)27-14-16-30(17-15-27)48-24-26-9-6-5-7-10-26/h5-18,21-22,35H,4,19-20,23-24H2,1-3H3,(H2,38,42)(H,39,41). The van der Waals surface area contributed by atoms with E-state index in [2.05, 4.69) is 5.32 Å². The molecule has 3 N–H and O–H groups in total. The van der Waals surface area contributed by atoms with Crippen LogP contribution < -0.4 is 30.2 Å². The number of rotatable bonds is 14. The van der Waals surface area contributed by atoms with Gasteiger partial charge in [-0.25, -0.2) is 8.42 Å². The zero-order valence-electron chi connectivity index (χ0n) is 27.5. The highest BCUT2D eigenvalue weighted by molar-refractivity contribution is 7.94. The first-order valence-electron chi connectivity index (χ1n) is 15.8. The largest absolute Gasteiger partial charge is 0.493 e. The SMILES string of the molecule is CCOc1cc(CCNC(=O)CC2(C)C(=O)N(c3cccc(C(N)=O)c3)C(c3ccc(OCc4ccccc4)cc3)S2(=O)=O)ccc1OC. The average Bonchev–Trinajstić information content (AvgIpc) is 3.25. The van der Waals surface area contributed by atoms with Crippen LogP contribution in [-0.2, 0) is 32.5 Å². The second-order valence-corrected chi connectivity index (χ2v) is 14.2. The Labute approximate surface area is 285 Å². The van der Waals surface area contributed by atoms with Gasteiger partial charge in [-0.2, -0.15) is 0 Å². The summed E-state index contributed by atoms with van der Waals surface area (Å²) < 4.78 is 43.6. The summed E-state index contributed by atoms with van der Waals surface area (Å²) in [6, 6.07) is 27.3. The van der Waals surface area contributed by atoms with Crippen LogP contribution in [0.3, 0.4) is 0 Å². The molecule has 1 saturated heterocycles. The lowest BCUT2D eigenvalue weighted by Gasteiger charge is -2.24. The lowest BCUT2D eigenvalue weighted by molar-refractivity contribution is -0.126. The molecule has 0 aliphatic carbocycles. The van der Waals surface area contributed by atoms with Crippen LogP contribution in [0.1, 0.15) is 52.7 Å². The number of carbonyl (C=O) groups excluding carboxylic acids is 3. The molecule has 1 aliphatic heterocycles. The molecule has 1 aliphatic rings. The Bertz CT molecular complexity index is 1930. The van der Waals surface area contributed by atoms with Gasteiger partial charge in [0.2, 0.25) is 17.7 Å². The molecule has 2 atom stereocenters. The molecule has 0 saturated carbocycles. The summed E-state index contributed by atoms with van der Waals surface area (Å²) in [5.74, 6) is -0.470. The smallest absolute Gasteiger partial charge is 0.250 e. The van der Waals surface area contributed by atoms with Gasteiger partial charge < -0.3 is 25.3 Å². The number of carbonyl (C=O) groups is 3. The van der Waals surface area contributed by atoms with E-state index >= 15 is 0 Å². The molecule has 11 nitrogen and oxygen atoms in total. The number of anilines is 1. The Balaban J connectivity index is 1.39. The third-order valence-electron chi connectivity index (χ3n) is 8.41. The quantitative estimate of drug-likeness (QED) is 0.193. The predicted octanol–water partition coefficient (Wildman–Crippen LogP) is 4.74. The maximum atomic E-state index is 14.4. The van der Waals surface area contributed by atoms with Gasteiger partial charge in [-0.3, -0.25) is 19.3 Å². The van der Waals surface area contributed by atoms with Crippen molar-refractivity contribution in [2.75, 3.05) is 25.2 Å². The summed E-state index contributed by atoms with van der Waals surface area (Å²) in [5.41, 5.74) is 7.89. The van der Waals surface area contributed by atoms with Crippen LogP contribution in [0.4, 0.5) is 5.69 Å². The highest BCUT2D eigenvalue weighted by Gasteiger charge is 2.62. The van der Waals surface area contributed by atoms with Crippen molar-refractivity contribution in [2.45, 2.75) is 43.4 Å². The number of hydrogen-bond donors (Lipinski definition) is 2. The van der Waals surface area contributed by atoms with Gasteiger partial charge in [-0.05, 0) is 79.4 Å². The van der Waals surface area contributed by atoms with Crippen molar-refractivity contribution in [1.29, 1.82) is 0 Å². The van der Waals surface area contributed by atoms with Crippen molar-refractivity contribution < 1.29 is 37.0 Å². The minimum absolute atomic E-state index is 0.100. The van der Waals surface area contributed by atoms with Crippen molar-refractivity contribution in [3.05, 3.63) is 119 Å². The van der Waals surface area contributed by atoms with Gasteiger partial charge in [0.25, 0.3) is 0 Å². The van der Waals surface area contributed by atoms with Crippen molar-refractivity contribution in [1.82, 2.24) is 5.32 Å². The monoisotopic (exact) mass is 685 g/mol. The van der Waals surface area contributed by atoms with Crippen molar-refractivity contribution in [3.63, 3.8) is 0 Å². The minimum Gasteiger partial charge on any atom is -0.493 e. The number of nitrogens with two attached hydrogens (primary N) is 1. The van der Waals surface area contributed by atoms with Gasteiger partial charge in [0, 0.05) is 17.8 Å². The highest BCUT2D eigenvalue weighted by Crippen LogP contribution is 2.48. The molecule has 4 aromatic rings. The van der Waals surface area contributed by atoms with E-state index in [-0.39, 0.29) is 17.8 Å². The van der Waals surface area contributed by atoms with Crippen LogP contribution >= 0.6 is 0 Å². The Morgan fingerprint density at radius 3 is 2.31 bits per heavy atom. The minimum atomic E-state index is -4.39. The van der Waals surface area contributed by atoms with E-state index in [4.69, 9.17) is 19.9 Å². The molecule has 2 unspecified atom stereocenters. The molecule has 5 rings (SSSR count). The molecule has 1 heterocycles. The second kappa shape index (κ2) is 14.8. The molecular formula is C37H39N3O8S. The maximum Gasteiger partial charge on any atom is 0.250 e. The number of sulfone groups is 1. The summed E-state index contributed by atoms with van der Waals surface area (Å²) in [6.07, 6.45) is -0.178. The van der Waals surface area contributed by atoms with Crippen molar-refractivity contribution in [3.8, 4) is 17.2 Å². The number of methoxy groups -OCH3 is 1. The zero-order chi connectivity index (χ0) is 35.2. The molecule has 4 aromatic carbocycles. The first kappa shape index (κ1) is 35.0. The van der Waals surface area contributed by atoms with Crippen LogP contribution in [0, 0.1) is 0 Å². The van der Waals surface area contributed by atoms with Crippen molar-refractivity contribution in [2.24, 2.45) is 5.73 Å². The lowest BCUT2D eigenvalue weighted by Crippen LogP contribution is -2.45. The predicted molar refractivity (Wildman–Crippen MR) is 185 cm³/mol. The van der Waals surface area contributed by atoms with Crippen LogP contribution in [-0.4, -0.2) is 51.1 Å². The molecule has 3 amide bonds. The van der Waals surface area contributed by atoms with E-state index < -0.39 is 44.1 Å². The van der Waals surface area contributed by atoms with Gasteiger partial charge >= 0.3 is 0 Å². The van der Waals surface area contributed by atoms with Gasteiger partial charge in [-0.1, -0.05) is 54.6 Å². The highest BCUT2D eigenvalue weighted by atomic mass is 32.2. The fourth-order valence-electron chi connectivity index (χ4n) is 5.76. The Morgan fingerprint density at radius 2 is 1.63 bits per heavy atom. The fourth-order valence-corrected chi connectivity index (χ4v) is 7.94. The molecule has 256 valence electrons. The average molecular weight is 686 g/mol. The van der Waals surface area contributed by atoms with Gasteiger partial charge in [0.1, 0.15) is 12.4 Å². The molecule has 49 heavy (non-hydrogen) atoms. The number of amides is 3. The first-order valence-corrected chi connectivity index (χ1v) is 17.3. The number of nitrogens with one attached hydrogen (secondary N) is 1. The third-order valence-corrected chi connectivity index (χ3v) is 11.1. The topological polar surface area (TPSA) is 154 Å². The molecule has 0 radical (unpaired) electrons. The number of ether oxygens (including phenoxy) is 3. The van der Waals surface area contributed by atoms with Gasteiger partial charge in [0.15, 0.2) is 31.5 Å². The van der Waals surface area contributed by atoms with Gasteiger partial charge in [-0.15, -0.1) is 0 Å². The number of primary amides is 1. The maximum absolute atomic E-state index is 14.4. The summed E-state index contributed by atoms with van der Waals surface area (Å²) in [5, 5.41) is 1.28. The van der Waals surface area contributed by atoms with Crippen LogP contribution in [0.5, 0.6) is 17.2 Å². The number of nitrogens with zero attached hydrogens (tertiary/aromatic N) is 1. The Kier molecular flexibility index (Phi) is 10.6. The normalized spacial score (nSPS) is 18.1. The molecule has 1 fully saturated rings. The van der Waals surface area contributed by atoms with E-state index in [0.29, 0.717) is 42.4 Å². The third kappa shape index (κ3) is 7.39. The van der Waals surface area contributed by atoms with Crippen molar-refractivity contribution >= 4 is 33.2 Å². The zero-order valence-corrected chi connectivity index (χ0v) is 28.4. The molecule has 0 bridgehead atoms. The lowest BCUT2D eigenvalue weighted by atomic mass is 10.0. The fraction of sp³-hybridized carbons (Fsp3) is 0.270. The van der Waals surface area contributed by atoms with Crippen LogP contribution in [0.15, 0.2) is 97.1 Å². The van der Waals surface area contributed by atoms with E-state index in [1.807, 2.05) is 49.4 Å². The summed E-state index contributed by atoms with van der Waals surface area (Å²) in [7, 11) is -2.84. The van der Waals surface area contributed by atoms with Crippen LogP contribution in [0.2, 0.25) is 0 Å². The summed E-state index contributed by atoms with van der Waals surface area (Å²) in [4.78, 5) is 40.7. The molecule has 0 aromatic heterocycles. The van der Waals surface area contributed by atoms with E-state index in [1.54, 1.807) is 37.4 Å². The Hall–Kier alpha value is -5.36. The van der Waals surface area contributed by atoms with E-state index in [9.17, 15) is 22.8 Å². The second-order valence-electron chi connectivity index (χ2n) is 11.8. The summed E-state index contributed by atoms with van der Waals surface area (Å²) in [6.45, 7) is 4.09. The molecule has 0 spiro atoms. The van der Waals surface area contributed by atoms with Gasteiger partial charge in [0.05, 0.1) is 20.1 Å². The van der Waals surface area contributed by atoms with Crippen LogP contribution in [0.25, 0.3) is 0 Å². The number of hydrogen-bond acceptors (Lipinski definition) is 8. The Morgan fingerprint density at radius 1 is 0.898 bits per heavy atom. The number of benzene rings is 4. The molecular weight excluding hydrogens is 646 g/mol. The first-order chi connectivity index (χ1) is 23.5. The molecule has 12 heteroatoms. The van der Waals surface area contributed by atoms with E-state index in [1.165, 1.54) is 31.2 Å². The van der Waals surface area contributed by atoms with E-state index in [0.717, 1.165) is 16.0 Å².